The van der Waals surface area contributed by atoms with Crippen LogP contribution in [0.4, 0.5) is 10.5 Å². The second kappa shape index (κ2) is 12.1. The smallest absolute Gasteiger partial charge is 0.410 e. The Labute approximate surface area is 251 Å². The Hall–Kier alpha value is -3.03. The van der Waals surface area contributed by atoms with E-state index in [2.05, 4.69) is 39.4 Å². The second-order valence-corrected chi connectivity index (χ2v) is 12.6. The van der Waals surface area contributed by atoms with Gasteiger partial charge in [-0.1, -0.05) is 73.5 Å². The molecule has 0 aromatic heterocycles. The van der Waals surface area contributed by atoms with Gasteiger partial charge in [-0.15, -0.1) is 0 Å². The van der Waals surface area contributed by atoms with E-state index in [1.807, 2.05) is 60.4 Å². The van der Waals surface area contributed by atoms with Crippen molar-refractivity contribution in [3.05, 3.63) is 93.5 Å². The number of fused-ring (bicyclic) bond motifs is 1. The van der Waals surface area contributed by atoms with Gasteiger partial charge in [0.1, 0.15) is 19.0 Å². The summed E-state index contributed by atoms with van der Waals surface area (Å²) in [6.45, 7) is 3.43. The molecule has 7 heteroatoms. The molecule has 1 aliphatic heterocycles. The van der Waals surface area contributed by atoms with Crippen LogP contribution in [0.3, 0.4) is 0 Å². The van der Waals surface area contributed by atoms with Crippen LogP contribution in [0.5, 0.6) is 5.75 Å². The molecule has 1 saturated heterocycles. The molecule has 216 valence electrons. The molecule has 3 aliphatic rings. The summed E-state index contributed by atoms with van der Waals surface area (Å²) in [5.41, 5.74) is 5.60. The van der Waals surface area contributed by atoms with Crippen LogP contribution in [-0.2, 0) is 29.8 Å². The van der Waals surface area contributed by atoms with E-state index in [0.29, 0.717) is 19.1 Å². The lowest BCUT2D eigenvalue weighted by atomic mass is 9.52. The maximum absolute atomic E-state index is 13.5. The predicted molar refractivity (Wildman–Crippen MR) is 164 cm³/mol. The summed E-state index contributed by atoms with van der Waals surface area (Å²) in [6, 6.07) is 22.3. The Bertz CT molecular complexity index is 1370. The third kappa shape index (κ3) is 5.46. The van der Waals surface area contributed by atoms with E-state index >= 15 is 0 Å². The number of likely N-dealkylation sites (tertiary alicyclic amines) is 1. The highest BCUT2D eigenvalue weighted by molar-refractivity contribution is 9.10. The number of hydrogen-bond donors (Lipinski definition) is 2. The average molecular weight is 620 g/mol. The van der Waals surface area contributed by atoms with Gasteiger partial charge in [0.05, 0.1) is 12.3 Å². The minimum Gasteiger partial charge on any atom is -0.487 e. The number of nitrogens with one attached hydrogen (secondary N) is 1. The first-order valence-electron chi connectivity index (χ1n) is 14.9. The molecule has 3 aromatic rings. The van der Waals surface area contributed by atoms with E-state index in [-0.39, 0.29) is 36.8 Å². The minimum atomic E-state index is -0.215. The molecule has 2 N–H and O–H groups in total. The van der Waals surface area contributed by atoms with Crippen molar-refractivity contribution in [3.63, 3.8) is 0 Å². The van der Waals surface area contributed by atoms with Crippen molar-refractivity contribution in [2.75, 3.05) is 18.5 Å². The molecule has 41 heavy (non-hydrogen) atoms. The predicted octanol–water partition coefficient (Wildman–Crippen LogP) is 7.22. The number of halogens is 1. The molecule has 3 aromatic carbocycles. The van der Waals surface area contributed by atoms with Crippen LogP contribution in [0.2, 0.25) is 0 Å². The van der Waals surface area contributed by atoms with Gasteiger partial charge < -0.3 is 24.8 Å². The summed E-state index contributed by atoms with van der Waals surface area (Å²) in [4.78, 5) is 15.5. The van der Waals surface area contributed by atoms with Gasteiger partial charge in [0.2, 0.25) is 0 Å². The van der Waals surface area contributed by atoms with Gasteiger partial charge >= 0.3 is 6.09 Å². The van der Waals surface area contributed by atoms with Crippen molar-refractivity contribution < 1.29 is 19.4 Å². The molecule has 0 spiro atoms. The Morgan fingerprint density at radius 3 is 2.49 bits per heavy atom. The lowest BCUT2D eigenvalue weighted by Gasteiger charge is -2.58. The summed E-state index contributed by atoms with van der Waals surface area (Å²) in [5.74, 6) is 1.20. The van der Waals surface area contributed by atoms with Crippen molar-refractivity contribution in [2.45, 2.75) is 76.2 Å². The van der Waals surface area contributed by atoms with Gasteiger partial charge in [-0.25, -0.2) is 4.79 Å². The Morgan fingerprint density at radius 2 is 1.78 bits per heavy atom. The first-order valence-corrected chi connectivity index (χ1v) is 15.7. The number of rotatable bonds is 8. The number of aliphatic hydroxyl groups is 1. The number of piperidine rings is 1. The molecule has 2 fully saturated rings. The minimum absolute atomic E-state index is 0.0112. The number of carbonyl (C=O) groups is 1. The van der Waals surface area contributed by atoms with Crippen LogP contribution in [0.15, 0.2) is 71.2 Å². The van der Waals surface area contributed by atoms with Crippen LogP contribution in [0.1, 0.15) is 61.3 Å². The molecule has 1 saturated carbocycles. The molecule has 1 unspecified atom stereocenters. The second-order valence-electron chi connectivity index (χ2n) is 11.9. The third-order valence-corrected chi connectivity index (χ3v) is 10.3. The van der Waals surface area contributed by atoms with Gasteiger partial charge in [-0.2, -0.15) is 0 Å². The number of benzene rings is 3. The highest BCUT2D eigenvalue weighted by Gasteiger charge is 2.56. The number of carbonyl (C=O) groups excluding carboxylic acids is 1. The monoisotopic (exact) mass is 618 g/mol. The number of hydrogen-bond acceptors (Lipinski definition) is 5. The van der Waals surface area contributed by atoms with Gasteiger partial charge in [-0.05, 0) is 82.8 Å². The van der Waals surface area contributed by atoms with E-state index < -0.39 is 0 Å². The summed E-state index contributed by atoms with van der Waals surface area (Å²) in [5, 5.41) is 13.4. The molecule has 6 nitrogen and oxygen atoms in total. The highest BCUT2D eigenvalue weighted by Crippen LogP contribution is 2.58. The largest absolute Gasteiger partial charge is 0.487 e. The fraction of sp³-hybridized carbons (Fsp3) is 0.441. The fourth-order valence-electron chi connectivity index (χ4n) is 7.39. The summed E-state index contributed by atoms with van der Waals surface area (Å²) < 4.78 is 13.3. The molecule has 2 aliphatic carbocycles. The lowest BCUT2D eigenvalue weighted by Crippen LogP contribution is -2.62. The number of amides is 1. The SMILES string of the molecule is CC(CO)Nc1c(OCc2ccccc2)cc2c(c1Br)C[C@H]1[C@H]3CCCC[C@@]23CCN1C(=O)OCc1ccccc1. The fourth-order valence-corrected chi connectivity index (χ4v) is 8.07. The molecule has 2 bridgehead atoms. The molecule has 1 amide bonds. The van der Waals surface area contributed by atoms with Gasteiger partial charge in [-0.3, -0.25) is 0 Å². The van der Waals surface area contributed by atoms with E-state index in [1.165, 1.54) is 24.0 Å². The first-order chi connectivity index (χ1) is 20.0. The normalized spacial score (nSPS) is 23.6. The van der Waals surface area contributed by atoms with Crippen LogP contribution in [0, 0.1) is 5.92 Å². The molecular formula is C34H39BrN2O4. The Morgan fingerprint density at radius 1 is 1.07 bits per heavy atom. The first kappa shape index (κ1) is 28.1. The van der Waals surface area contributed by atoms with Gasteiger partial charge in [0.15, 0.2) is 0 Å². The van der Waals surface area contributed by atoms with Gasteiger partial charge in [0.25, 0.3) is 0 Å². The Balaban J connectivity index is 1.35. The molecule has 6 rings (SSSR count). The van der Waals surface area contributed by atoms with Crippen molar-refractivity contribution in [1.82, 2.24) is 4.90 Å². The Kier molecular flexibility index (Phi) is 8.27. The third-order valence-electron chi connectivity index (χ3n) is 9.38. The topological polar surface area (TPSA) is 71.0 Å². The van der Waals surface area contributed by atoms with E-state index in [0.717, 1.165) is 52.7 Å². The zero-order chi connectivity index (χ0) is 28.4. The number of anilines is 1. The van der Waals surface area contributed by atoms with Gasteiger partial charge in [0, 0.05) is 28.5 Å². The maximum Gasteiger partial charge on any atom is 0.410 e. The van der Waals surface area contributed by atoms with E-state index in [1.54, 1.807) is 0 Å². The van der Waals surface area contributed by atoms with Crippen LogP contribution in [0.25, 0.3) is 0 Å². The number of aliphatic hydroxyl groups excluding tert-OH is 1. The number of ether oxygens (including phenoxy) is 2. The van der Waals surface area contributed by atoms with E-state index in [9.17, 15) is 9.90 Å². The zero-order valence-corrected chi connectivity index (χ0v) is 25.2. The number of nitrogens with zero attached hydrogens (tertiary/aromatic N) is 1. The van der Waals surface area contributed by atoms with Crippen LogP contribution in [-0.4, -0.2) is 41.3 Å². The average Bonchev–Trinajstić information content (AvgIpc) is 3.01. The maximum atomic E-state index is 13.5. The molecule has 1 heterocycles. The standard InChI is InChI=1S/C34H39BrN2O4/c1-23(20-38)36-32-30(40-21-24-10-4-2-5-11-24)19-28-26(31(32)35)18-29-27-14-8-9-15-34(27,28)16-17-37(29)33(39)41-22-25-12-6-3-7-13-25/h2-7,10-13,19,23,27,29,36,38H,8-9,14-18,20-22H2,1H3/t23?,27-,29+,34+/m1/s1. The summed E-state index contributed by atoms with van der Waals surface area (Å²) in [6.07, 6.45) is 6.10. The van der Waals surface area contributed by atoms with Crippen LogP contribution >= 0.6 is 15.9 Å². The lowest BCUT2D eigenvalue weighted by molar-refractivity contribution is -0.0138. The molecular weight excluding hydrogens is 580 g/mol. The van der Waals surface area contributed by atoms with Crippen molar-refractivity contribution in [3.8, 4) is 5.75 Å². The summed E-state index contributed by atoms with van der Waals surface area (Å²) >= 11 is 3.98. The van der Waals surface area contributed by atoms with E-state index in [4.69, 9.17) is 9.47 Å². The molecule has 4 atom stereocenters. The van der Waals surface area contributed by atoms with Crippen LogP contribution < -0.4 is 10.1 Å². The highest BCUT2D eigenvalue weighted by atomic mass is 79.9. The van der Waals surface area contributed by atoms with Crippen molar-refractivity contribution in [2.24, 2.45) is 5.92 Å². The quantitative estimate of drug-likeness (QED) is 0.279. The van der Waals surface area contributed by atoms with Crippen molar-refractivity contribution >= 4 is 27.7 Å². The molecule has 0 radical (unpaired) electrons. The summed E-state index contributed by atoms with van der Waals surface area (Å²) in [7, 11) is 0. The zero-order valence-electron chi connectivity index (χ0n) is 23.7. The van der Waals surface area contributed by atoms with Crippen molar-refractivity contribution in [1.29, 1.82) is 0 Å².